The largest absolute Gasteiger partial charge is 0.342 e. The highest BCUT2D eigenvalue weighted by Gasteiger charge is 2.22. The molecular weight excluding hydrogens is 666 g/mol. The fourth-order valence-electron chi connectivity index (χ4n) is 7.57. The summed E-state index contributed by atoms with van der Waals surface area (Å²) in [5.74, 6) is 0.410. The lowest BCUT2D eigenvalue weighted by Crippen LogP contribution is -2.12. The van der Waals surface area contributed by atoms with Crippen molar-refractivity contribution in [3.8, 4) is 6.07 Å². The van der Waals surface area contributed by atoms with Gasteiger partial charge in [-0.2, -0.15) is 5.26 Å². The number of nitriles is 1. The van der Waals surface area contributed by atoms with Crippen LogP contribution in [0.15, 0.2) is 115 Å². The minimum atomic E-state index is -0.232. The van der Waals surface area contributed by atoms with Crippen LogP contribution in [-0.4, -0.2) is 14.1 Å². The Kier molecular flexibility index (Phi) is 8.50. The van der Waals surface area contributed by atoms with Crippen molar-refractivity contribution in [1.82, 2.24) is 0 Å². The van der Waals surface area contributed by atoms with Crippen molar-refractivity contribution in [3.05, 3.63) is 143 Å². The van der Waals surface area contributed by atoms with Gasteiger partial charge < -0.3 is 9.80 Å². The number of para-hydroxylation sites is 2. The molecule has 0 amide bonds. The highest BCUT2D eigenvalue weighted by molar-refractivity contribution is 7.27. The Morgan fingerprint density at radius 3 is 1.84 bits per heavy atom. The first-order valence-electron chi connectivity index (χ1n) is 17.4. The molecule has 0 bridgehead atoms. The van der Waals surface area contributed by atoms with Crippen LogP contribution in [-0.2, 0) is 6.42 Å². The van der Waals surface area contributed by atoms with Crippen molar-refractivity contribution in [2.24, 2.45) is 0 Å². The quantitative estimate of drug-likeness (QED) is 0.158. The van der Waals surface area contributed by atoms with Gasteiger partial charge in [0.25, 0.3) is 0 Å². The molecule has 51 heavy (non-hydrogen) atoms. The molecule has 8 aromatic rings. The normalized spacial score (nSPS) is 12.3. The van der Waals surface area contributed by atoms with Crippen LogP contribution in [0.25, 0.3) is 40.3 Å². The molecular formula is C45H38FN3S2. The summed E-state index contributed by atoms with van der Waals surface area (Å²) < 4.78 is 19.9. The average Bonchev–Trinajstić information content (AvgIpc) is 3.72. The molecule has 0 aliphatic rings. The third-order valence-corrected chi connectivity index (χ3v) is 12.8. The van der Waals surface area contributed by atoms with Crippen molar-refractivity contribution in [1.29, 1.82) is 5.26 Å². The summed E-state index contributed by atoms with van der Waals surface area (Å²) in [6, 6.07) is 41.7. The summed E-state index contributed by atoms with van der Waals surface area (Å²) in [7, 11) is 4.03. The topological polar surface area (TPSA) is 30.3 Å². The molecule has 0 saturated carbocycles. The minimum absolute atomic E-state index is 0.229. The molecule has 252 valence electrons. The van der Waals surface area contributed by atoms with Crippen molar-refractivity contribution in [2.45, 2.75) is 39.0 Å². The van der Waals surface area contributed by atoms with Gasteiger partial charge in [-0.05, 0) is 77.4 Å². The number of thiophene rings is 2. The second kappa shape index (κ2) is 13.2. The van der Waals surface area contributed by atoms with E-state index >= 15 is 0 Å². The van der Waals surface area contributed by atoms with Crippen LogP contribution in [0.3, 0.4) is 0 Å². The Morgan fingerprint density at radius 2 is 1.14 bits per heavy atom. The Balaban J connectivity index is 1.25. The molecule has 8 rings (SSSR count). The summed E-state index contributed by atoms with van der Waals surface area (Å²) in [6.07, 6.45) is 0.854. The van der Waals surface area contributed by atoms with E-state index in [1.54, 1.807) is 17.4 Å². The van der Waals surface area contributed by atoms with Crippen LogP contribution in [0.4, 0.5) is 27.1 Å². The monoisotopic (exact) mass is 703 g/mol. The Bertz CT molecular complexity index is 2640. The number of nitrogens with zero attached hydrogens (tertiary/aromatic N) is 3. The predicted octanol–water partition coefficient (Wildman–Crippen LogP) is 13.4. The van der Waals surface area contributed by atoms with Gasteiger partial charge in [-0.25, -0.2) is 4.39 Å². The van der Waals surface area contributed by atoms with Gasteiger partial charge >= 0.3 is 0 Å². The summed E-state index contributed by atoms with van der Waals surface area (Å²) in [6.45, 7) is 6.85. The van der Waals surface area contributed by atoms with E-state index in [2.05, 4.69) is 106 Å². The van der Waals surface area contributed by atoms with Gasteiger partial charge in [0.1, 0.15) is 11.9 Å². The van der Waals surface area contributed by atoms with Crippen molar-refractivity contribution < 1.29 is 4.39 Å². The summed E-state index contributed by atoms with van der Waals surface area (Å²) >= 11 is 3.66. The van der Waals surface area contributed by atoms with Crippen molar-refractivity contribution in [3.63, 3.8) is 0 Å². The second-order valence-corrected chi connectivity index (χ2v) is 15.8. The zero-order valence-corrected chi connectivity index (χ0v) is 31.0. The van der Waals surface area contributed by atoms with Crippen LogP contribution in [0.5, 0.6) is 0 Å². The molecule has 3 nitrogen and oxygen atoms in total. The molecule has 2 aromatic heterocycles. The van der Waals surface area contributed by atoms with E-state index in [-0.39, 0.29) is 11.7 Å². The van der Waals surface area contributed by atoms with E-state index in [0.29, 0.717) is 17.2 Å². The summed E-state index contributed by atoms with van der Waals surface area (Å²) in [4.78, 5) is 4.16. The van der Waals surface area contributed by atoms with Gasteiger partial charge in [0, 0.05) is 45.0 Å². The van der Waals surface area contributed by atoms with E-state index in [1.807, 2.05) is 59.7 Å². The van der Waals surface area contributed by atoms with Crippen LogP contribution >= 0.6 is 22.7 Å². The molecule has 1 atom stereocenters. The summed E-state index contributed by atoms with van der Waals surface area (Å²) in [5.41, 5.74) is 8.19. The van der Waals surface area contributed by atoms with E-state index in [9.17, 15) is 9.65 Å². The molecule has 0 N–H and O–H groups in total. The van der Waals surface area contributed by atoms with E-state index < -0.39 is 0 Å². The molecule has 6 heteroatoms. The van der Waals surface area contributed by atoms with Crippen LogP contribution < -0.4 is 9.80 Å². The third-order valence-electron chi connectivity index (χ3n) is 10.2. The maximum absolute atomic E-state index is 14.9. The smallest absolute Gasteiger partial charge is 0.146 e. The molecule has 6 aromatic carbocycles. The summed E-state index contributed by atoms with van der Waals surface area (Å²) in [5, 5.41) is 15.0. The molecule has 2 heterocycles. The lowest BCUT2D eigenvalue weighted by molar-refractivity contribution is 0.628. The zero-order valence-electron chi connectivity index (χ0n) is 29.4. The number of benzene rings is 6. The molecule has 1 unspecified atom stereocenters. The van der Waals surface area contributed by atoms with Gasteiger partial charge in [0.2, 0.25) is 0 Å². The number of hydrogen-bond acceptors (Lipinski definition) is 5. The fourth-order valence-corrected chi connectivity index (χ4v) is 10.5. The first-order chi connectivity index (χ1) is 24.7. The fraction of sp³-hybridized carbons (Fsp3) is 0.178. The molecule has 0 saturated heterocycles. The standard InChI is InChI=1S/C45H38FN3S2/c1-27(2)31-14-10-17-35-36-24-29(25-41(45(36)50-42(31)35)48(4)38-20-8-6-13-30(38)26-47)23-28(3)32-15-11-16-33-34-18-12-22-40(44(34)51-43(32)33)49(5)39-21-9-7-19-37(39)46/h6-22,24-25,27-28H,23H2,1-5H3. The lowest BCUT2D eigenvalue weighted by Gasteiger charge is -2.23. The maximum Gasteiger partial charge on any atom is 0.146 e. The lowest BCUT2D eigenvalue weighted by atomic mass is 9.91. The Hall–Kier alpha value is -5.22. The van der Waals surface area contributed by atoms with Crippen LogP contribution in [0.2, 0.25) is 0 Å². The Labute approximate surface area is 306 Å². The number of hydrogen-bond donors (Lipinski definition) is 0. The third kappa shape index (κ3) is 5.62. The highest BCUT2D eigenvalue weighted by Crippen LogP contribution is 2.47. The Morgan fingerprint density at radius 1 is 0.588 bits per heavy atom. The first-order valence-corrected chi connectivity index (χ1v) is 19.0. The van der Waals surface area contributed by atoms with Crippen molar-refractivity contribution in [2.75, 3.05) is 23.9 Å². The molecule has 0 fully saturated rings. The van der Waals surface area contributed by atoms with E-state index in [4.69, 9.17) is 0 Å². The number of fused-ring (bicyclic) bond motifs is 6. The van der Waals surface area contributed by atoms with Gasteiger partial charge in [0.05, 0.1) is 37.7 Å². The average molecular weight is 704 g/mol. The second-order valence-electron chi connectivity index (χ2n) is 13.8. The van der Waals surface area contributed by atoms with E-state index in [1.165, 1.54) is 58.4 Å². The zero-order chi connectivity index (χ0) is 35.4. The molecule has 0 aliphatic heterocycles. The van der Waals surface area contributed by atoms with E-state index in [0.717, 1.165) is 28.2 Å². The minimum Gasteiger partial charge on any atom is -0.342 e. The first kappa shape index (κ1) is 33.0. The molecule has 0 radical (unpaired) electrons. The van der Waals surface area contributed by atoms with Gasteiger partial charge in [-0.1, -0.05) is 93.6 Å². The highest BCUT2D eigenvalue weighted by atomic mass is 32.1. The molecule has 0 spiro atoms. The van der Waals surface area contributed by atoms with Gasteiger partial charge in [-0.15, -0.1) is 22.7 Å². The van der Waals surface area contributed by atoms with Crippen LogP contribution in [0.1, 0.15) is 54.9 Å². The van der Waals surface area contributed by atoms with Gasteiger partial charge in [-0.3, -0.25) is 0 Å². The predicted molar refractivity (Wildman–Crippen MR) is 219 cm³/mol. The SMILES string of the molecule is CC(C)c1cccc2c1sc1c(N(C)c3ccccc3C#N)cc(CC(C)c3cccc4c3sc3c(N(C)c5ccccc5F)cccc34)cc12. The molecule has 0 aliphatic carbocycles. The van der Waals surface area contributed by atoms with Crippen LogP contribution in [0, 0.1) is 17.1 Å². The van der Waals surface area contributed by atoms with Crippen molar-refractivity contribution >= 4 is 85.8 Å². The number of anilines is 4. The maximum atomic E-state index is 14.9. The number of rotatable bonds is 8. The number of halogens is 1. The van der Waals surface area contributed by atoms with Gasteiger partial charge in [0.15, 0.2) is 0 Å².